The molecule has 5 rings (SSSR count). The lowest BCUT2D eigenvalue weighted by molar-refractivity contribution is -0.141. The van der Waals surface area contributed by atoms with Crippen LogP contribution in [0.4, 0.5) is 18.3 Å². The Hall–Kier alpha value is -3.51. The van der Waals surface area contributed by atoms with E-state index in [1.165, 1.54) is 11.3 Å². The number of hydrogen-bond donors (Lipinski definition) is 2. The number of para-hydroxylation sites is 2. The summed E-state index contributed by atoms with van der Waals surface area (Å²) >= 11 is 2.40. The monoisotopic (exact) mass is 460 g/mol. The number of alkyl halides is 3. The molecular weight excluding hydrogens is 449 g/mol. The summed E-state index contributed by atoms with van der Waals surface area (Å²) in [6, 6.07) is 14.4. The molecule has 0 aliphatic carbocycles. The third kappa shape index (κ3) is 3.59. The second kappa shape index (κ2) is 7.32. The smallest absolute Gasteiger partial charge is 0.284 e. The lowest BCUT2D eigenvalue weighted by atomic mass is 10.2. The Morgan fingerprint density at radius 2 is 1.65 bits per heavy atom. The normalized spacial score (nSPS) is 12.4. The molecule has 2 aromatic carbocycles. The average molecular weight is 460 g/mol. The third-order valence-electron chi connectivity index (χ3n) is 4.33. The van der Waals surface area contributed by atoms with Crippen LogP contribution in [-0.4, -0.2) is 26.0 Å². The number of anilines is 1. The van der Waals surface area contributed by atoms with Gasteiger partial charge in [0.1, 0.15) is 0 Å². The molecule has 0 unspecified atom stereocenters. The second-order valence-corrected chi connectivity index (χ2v) is 8.40. The largest absolute Gasteiger partial charge is 0.433 e. The van der Waals surface area contributed by atoms with E-state index < -0.39 is 23.0 Å². The third-order valence-corrected chi connectivity index (χ3v) is 6.29. The quantitative estimate of drug-likeness (QED) is 0.297. The van der Waals surface area contributed by atoms with E-state index in [9.17, 15) is 18.0 Å². The molecule has 0 spiro atoms. The van der Waals surface area contributed by atoms with Gasteiger partial charge in [-0.15, -0.1) is 0 Å². The van der Waals surface area contributed by atoms with Gasteiger partial charge < -0.3 is 0 Å². The molecule has 156 valence electrons. The van der Waals surface area contributed by atoms with Gasteiger partial charge in [-0.25, -0.2) is 9.97 Å². The number of benzene rings is 2. The fourth-order valence-corrected chi connectivity index (χ4v) is 4.69. The minimum Gasteiger partial charge on any atom is -0.284 e. The molecule has 0 aliphatic rings. The zero-order valence-electron chi connectivity index (χ0n) is 15.3. The fraction of sp³-hybridized carbons (Fsp3) is 0.0526. The Bertz CT molecular complexity index is 1430. The summed E-state index contributed by atoms with van der Waals surface area (Å²) in [7, 11) is 0. The number of aromatic nitrogens is 4. The number of hydrogen-bond acceptors (Lipinski definition) is 7. The van der Waals surface area contributed by atoms with Gasteiger partial charge in [0.05, 0.1) is 32.2 Å². The van der Waals surface area contributed by atoms with Crippen LogP contribution in [0.25, 0.3) is 25.6 Å². The van der Waals surface area contributed by atoms with E-state index in [0.29, 0.717) is 10.6 Å². The van der Waals surface area contributed by atoms with Crippen molar-refractivity contribution in [2.24, 2.45) is 5.10 Å². The molecule has 31 heavy (non-hydrogen) atoms. The van der Waals surface area contributed by atoms with Gasteiger partial charge in [-0.05, 0) is 24.3 Å². The highest BCUT2D eigenvalue weighted by Gasteiger charge is 2.38. The van der Waals surface area contributed by atoms with Crippen molar-refractivity contribution in [3.8, 4) is 5.13 Å². The van der Waals surface area contributed by atoms with Crippen LogP contribution in [0.2, 0.25) is 0 Å². The zero-order valence-corrected chi connectivity index (χ0v) is 17.0. The van der Waals surface area contributed by atoms with Crippen LogP contribution in [0.5, 0.6) is 0 Å². The molecule has 3 aromatic heterocycles. The highest BCUT2D eigenvalue weighted by atomic mass is 32.1. The van der Waals surface area contributed by atoms with Crippen molar-refractivity contribution in [3.05, 3.63) is 70.1 Å². The lowest BCUT2D eigenvalue weighted by Gasteiger charge is -2.03. The van der Waals surface area contributed by atoms with Crippen molar-refractivity contribution in [1.82, 2.24) is 19.7 Å². The van der Waals surface area contributed by atoms with E-state index in [1.807, 2.05) is 24.3 Å². The summed E-state index contributed by atoms with van der Waals surface area (Å²) in [6.45, 7) is 0. The topological polar surface area (TPSA) is 88.0 Å². The molecule has 0 amide bonds. The van der Waals surface area contributed by atoms with E-state index in [2.05, 4.69) is 25.6 Å². The van der Waals surface area contributed by atoms with Crippen molar-refractivity contribution in [2.45, 2.75) is 6.18 Å². The number of halogens is 3. The number of hydrazone groups is 1. The SMILES string of the molecule is O=c1c(C=NNc2nc3ccccc3s2)c(C(F)(F)F)[nH]n1-c1nc2ccccc2s1. The predicted octanol–water partition coefficient (Wildman–Crippen LogP) is 4.85. The van der Waals surface area contributed by atoms with E-state index in [4.69, 9.17) is 0 Å². The van der Waals surface area contributed by atoms with Crippen LogP contribution in [0.1, 0.15) is 11.3 Å². The second-order valence-electron chi connectivity index (χ2n) is 6.36. The first kappa shape index (κ1) is 19.5. The maximum atomic E-state index is 13.6. The number of fused-ring (bicyclic) bond motifs is 2. The Morgan fingerprint density at radius 3 is 2.29 bits per heavy atom. The van der Waals surface area contributed by atoms with E-state index in [1.54, 1.807) is 24.3 Å². The predicted molar refractivity (Wildman–Crippen MR) is 115 cm³/mol. The van der Waals surface area contributed by atoms with Crippen molar-refractivity contribution in [1.29, 1.82) is 0 Å². The molecule has 0 radical (unpaired) electrons. The molecule has 5 aromatic rings. The summed E-state index contributed by atoms with van der Waals surface area (Å²) < 4.78 is 43.1. The van der Waals surface area contributed by atoms with Crippen LogP contribution >= 0.6 is 22.7 Å². The summed E-state index contributed by atoms with van der Waals surface area (Å²) in [6.07, 6.45) is -3.93. The molecule has 2 N–H and O–H groups in total. The average Bonchev–Trinajstić information content (AvgIpc) is 3.42. The molecule has 0 atom stereocenters. The van der Waals surface area contributed by atoms with Crippen molar-refractivity contribution in [3.63, 3.8) is 0 Å². The van der Waals surface area contributed by atoms with Crippen LogP contribution in [0.15, 0.2) is 58.4 Å². The lowest BCUT2D eigenvalue weighted by Crippen LogP contribution is -2.17. The summed E-state index contributed by atoms with van der Waals surface area (Å²) in [5.41, 5.74) is 1.19. The summed E-state index contributed by atoms with van der Waals surface area (Å²) in [5.74, 6) is 0. The molecule has 0 saturated carbocycles. The summed E-state index contributed by atoms with van der Waals surface area (Å²) in [4.78, 5) is 21.3. The highest BCUT2D eigenvalue weighted by molar-refractivity contribution is 7.22. The first-order chi connectivity index (χ1) is 14.9. The maximum absolute atomic E-state index is 13.6. The maximum Gasteiger partial charge on any atom is 0.433 e. The van der Waals surface area contributed by atoms with Gasteiger partial charge in [0.25, 0.3) is 5.56 Å². The minimum absolute atomic E-state index is 0.107. The summed E-state index contributed by atoms with van der Waals surface area (Å²) in [5, 5.41) is 6.45. The number of thiazole rings is 2. The van der Waals surface area contributed by atoms with Gasteiger partial charge >= 0.3 is 6.18 Å². The van der Waals surface area contributed by atoms with Gasteiger partial charge in [0.15, 0.2) is 5.69 Å². The first-order valence-electron chi connectivity index (χ1n) is 8.83. The Kier molecular flexibility index (Phi) is 4.59. The number of nitrogens with zero attached hydrogens (tertiary/aromatic N) is 4. The van der Waals surface area contributed by atoms with E-state index >= 15 is 0 Å². The van der Waals surface area contributed by atoms with Crippen molar-refractivity contribution >= 4 is 54.5 Å². The van der Waals surface area contributed by atoms with Gasteiger partial charge in [-0.1, -0.05) is 46.9 Å². The minimum atomic E-state index is -4.78. The van der Waals surface area contributed by atoms with Crippen molar-refractivity contribution in [2.75, 3.05) is 5.43 Å². The molecule has 7 nitrogen and oxygen atoms in total. The Balaban J connectivity index is 1.52. The van der Waals surface area contributed by atoms with E-state index in [0.717, 1.165) is 37.1 Å². The standard InChI is InChI=1S/C19H11F3N6OS2/c20-19(21,22)15-10(9-23-26-17-24-11-5-1-3-7-13(11)30-17)16(29)28(27-15)18-25-12-6-2-4-8-14(12)31-18/h1-9,27H,(H,24,26). The molecular formula is C19H11F3N6OS2. The number of nitrogens with one attached hydrogen (secondary N) is 2. The molecule has 0 bridgehead atoms. The number of aromatic amines is 1. The Morgan fingerprint density at radius 1 is 1.00 bits per heavy atom. The molecule has 12 heteroatoms. The first-order valence-corrected chi connectivity index (χ1v) is 10.5. The molecule has 0 fully saturated rings. The van der Waals surface area contributed by atoms with E-state index in [-0.39, 0.29) is 5.13 Å². The van der Waals surface area contributed by atoms with Crippen LogP contribution in [0.3, 0.4) is 0 Å². The van der Waals surface area contributed by atoms with Gasteiger partial charge in [0.2, 0.25) is 10.3 Å². The van der Waals surface area contributed by atoms with Crippen molar-refractivity contribution < 1.29 is 13.2 Å². The zero-order chi connectivity index (χ0) is 21.6. The highest BCUT2D eigenvalue weighted by Crippen LogP contribution is 2.30. The number of rotatable bonds is 4. The van der Waals surface area contributed by atoms with Gasteiger partial charge in [-0.3, -0.25) is 15.3 Å². The number of H-pyrrole nitrogens is 1. The van der Waals surface area contributed by atoms with Crippen LogP contribution in [0, 0.1) is 0 Å². The molecule has 3 heterocycles. The van der Waals surface area contributed by atoms with Gasteiger partial charge in [-0.2, -0.15) is 23.0 Å². The van der Waals surface area contributed by atoms with Crippen LogP contribution in [-0.2, 0) is 6.18 Å². The fourth-order valence-electron chi connectivity index (χ4n) is 2.95. The van der Waals surface area contributed by atoms with Gasteiger partial charge in [0, 0.05) is 0 Å². The van der Waals surface area contributed by atoms with Crippen LogP contribution < -0.4 is 11.0 Å². The molecule has 0 aliphatic heterocycles. The molecule has 0 saturated heterocycles. The Labute approximate surface area is 179 Å².